The Hall–Kier alpha value is -2.68. The van der Waals surface area contributed by atoms with Crippen molar-refractivity contribution < 1.29 is 0 Å². The third kappa shape index (κ3) is 2.38. The average molecular weight is 261 g/mol. The predicted octanol–water partition coefficient (Wildman–Crippen LogP) is 3.85. The summed E-state index contributed by atoms with van der Waals surface area (Å²) in [7, 11) is 1.85. The summed E-state index contributed by atoms with van der Waals surface area (Å²) in [6, 6.07) is 18.7. The maximum absolute atomic E-state index is 4.40. The Bertz CT molecular complexity index is 691. The Morgan fingerprint density at radius 2 is 1.30 bits per heavy atom. The highest BCUT2D eigenvalue weighted by atomic mass is 15.0. The summed E-state index contributed by atoms with van der Waals surface area (Å²) in [4.78, 5) is 8.68. The Morgan fingerprint density at radius 1 is 0.700 bits per heavy atom. The normalized spacial score (nSPS) is 10.2. The molecule has 0 spiro atoms. The number of aromatic nitrogens is 2. The summed E-state index contributed by atoms with van der Waals surface area (Å²) in [5.41, 5.74) is 4.34. The minimum atomic E-state index is 0.792. The smallest absolute Gasteiger partial charge is 0.152 e. The lowest BCUT2D eigenvalue weighted by Gasteiger charge is -2.07. The van der Waals surface area contributed by atoms with Gasteiger partial charge in [0, 0.05) is 25.0 Å². The second kappa shape index (κ2) is 5.53. The molecule has 0 unspecified atom stereocenters. The van der Waals surface area contributed by atoms with E-state index in [9.17, 15) is 0 Å². The van der Waals surface area contributed by atoms with E-state index in [0.717, 1.165) is 17.1 Å². The molecule has 0 aliphatic rings. The number of hydrogen-bond acceptors (Lipinski definition) is 3. The lowest BCUT2D eigenvalue weighted by atomic mass is 10.0. The van der Waals surface area contributed by atoms with Crippen LogP contribution in [-0.2, 0) is 0 Å². The van der Waals surface area contributed by atoms with Gasteiger partial charge in [-0.05, 0) is 11.1 Å². The van der Waals surface area contributed by atoms with Gasteiger partial charge >= 0.3 is 0 Å². The standard InChI is InChI=1S/C17H15N3/c1-18-17-16(19-11-12-20-17)15-9-7-14(8-10-15)13-5-3-2-4-6-13/h2-12H,1H3,(H,18,20). The molecule has 3 heteroatoms. The molecule has 2 aromatic carbocycles. The van der Waals surface area contributed by atoms with E-state index < -0.39 is 0 Å². The molecule has 0 fully saturated rings. The summed E-state index contributed by atoms with van der Waals surface area (Å²) in [6.07, 6.45) is 3.40. The van der Waals surface area contributed by atoms with Crippen molar-refractivity contribution in [3.8, 4) is 22.4 Å². The van der Waals surface area contributed by atoms with Gasteiger partial charge in [-0.3, -0.25) is 4.98 Å². The van der Waals surface area contributed by atoms with Crippen LogP contribution in [0.15, 0.2) is 67.0 Å². The summed E-state index contributed by atoms with van der Waals surface area (Å²) < 4.78 is 0. The zero-order chi connectivity index (χ0) is 13.8. The highest BCUT2D eigenvalue weighted by Crippen LogP contribution is 2.26. The van der Waals surface area contributed by atoms with Gasteiger partial charge in [-0.15, -0.1) is 0 Å². The second-order valence-corrected chi connectivity index (χ2v) is 4.45. The summed E-state index contributed by atoms with van der Waals surface area (Å²) in [5.74, 6) is 0.792. The van der Waals surface area contributed by atoms with E-state index in [0.29, 0.717) is 0 Å². The molecule has 0 saturated carbocycles. The first-order valence-corrected chi connectivity index (χ1v) is 6.53. The molecule has 3 aromatic rings. The van der Waals surface area contributed by atoms with Crippen LogP contribution in [0.25, 0.3) is 22.4 Å². The molecule has 3 rings (SSSR count). The minimum Gasteiger partial charge on any atom is -0.371 e. The number of rotatable bonds is 3. The van der Waals surface area contributed by atoms with Crippen LogP contribution in [0, 0.1) is 0 Å². The number of anilines is 1. The molecular weight excluding hydrogens is 246 g/mol. The van der Waals surface area contributed by atoms with E-state index in [-0.39, 0.29) is 0 Å². The Kier molecular flexibility index (Phi) is 3.42. The molecule has 0 radical (unpaired) electrons. The monoisotopic (exact) mass is 261 g/mol. The summed E-state index contributed by atoms with van der Waals surface area (Å²) >= 11 is 0. The molecular formula is C17H15N3. The Labute approximate surface area is 118 Å². The van der Waals surface area contributed by atoms with Crippen molar-refractivity contribution >= 4 is 5.82 Å². The van der Waals surface area contributed by atoms with E-state index in [2.05, 4.69) is 51.7 Å². The van der Waals surface area contributed by atoms with Crippen LogP contribution < -0.4 is 5.32 Å². The van der Waals surface area contributed by atoms with Crippen molar-refractivity contribution in [2.24, 2.45) is 0 Å². The fraction of sp³-hybridized carbons (Fsp3) is 0.0588. The first-order valence-electron chi connectivity index (χ1n) is 6.53. The van der Waals surface area contributed by atoms with Crippen molar-refractivity contribution in [1.29, 1.82) is 0 Å². The van der Waals surface area contributed by atoms with E-state index in [1.165, 1.54) is 11.1 Å². The first-order chi connectivity index (χ1) is 9.88. The second-order valence-electron chi connectivity index (χ2n) is 4.45. The zero-order valence-corrected chi connectivity index (χ0v) is 11.2. The van der Waals surface area contributed by atoms with Gasteiger partial charge in [0.05, 0.1) is 0 Å². The van der Waals surface area contributed by atoms with Gasteiger partial charge in [0.25, 0.3) is 0 Å². The van der Waals surface area contributed by atoms with Gasteiger partial charge in [0.15, 0.2) is 5.82 Å². The van der Waals surface area contributed by atoms with Crippen molar-refractivity contribution in [2.45, 2.75) is 0 Å². The maximum Gasteiger partial charge on any atom is 0.152 e. The van der Waals surface area contributed by atoms with Gasteiger partial charge in [-0.25, -0.2) is 4.98 Å². The largest absolute Gasteiger partial charge is 0.371 e. The topological polar surface area (TPSA) is 37.8 Å². The average Bonchev–Trinajstić information content (AvgIpc) is 2.56. The van der Waals surface area contributed by atoms with Crippen LogP contribution in [0.4, 0.5) is 5.82 Å². The van der Waals surface area contributed by atoms with Crippen molar-refractivity contribution in [3.63, 3.8) is 0 Å². The molecule has 1 N–H and O–H groups in total. The molecule has 1 aromatic heterocycles. The van der Waals surface area contributed by atoms with E-state index >= 15 is 0 Å². The Morgan fingerprint density at radius 3 is 2.00 bits per heavy atom. The number of benzene rings is 2. The van der Waals surface area contributed by atoms with Crippen LogP contribution in [0.5, 0.6) is 0 Å². The lowest BCUT2D eigenvalue weighted by molar-refractivity contribution is 1.19. The summed E-state index contributed by atoms with van der Waals surface area (Å²) in [6.45, 7) is 0. The zero-order valence-electron chi connectivity index (χ0n) is 11.2. The highest BCUT2D eigenvalue weighted by Gasteiger charge is 2.06. The molecule has 0 atom stereocenters. The van der Waals surface area contributed by atoms with Crippen LogP contribution in [0.2, 0.25) is 0 Å². The minimum absolute atomic E-state index is 0.792. The molecule has 0 amide bonds. The van der Waals surface area contributed by atoms with Gasteiger partial charge in [0.1, 0.15) is 5.69 Å². The highest BCUT2D eigenvalue weighted by molar-refractivity contribution is 5.74. The molecule has 0 bridgehead atoms. The van der Waals surface area contributed by atoms with Crippen LogP contribution in [0.3, 0.4) is 0 Å². The molecule has 3 nitrogen and oxygen atoms in total. The van der Waals surface area contributed by atoms with Gasteiger partial charge in [-0.2, -0.15) is 0 Å². The van der Waals surface area contributed by atoms with Gasteiger partial charge < -0.3 is 5.32 Å². The predicted molar refractivity (Wildman–Crippen MR) is 82.5 cm³/mol. The molecule has 0 saturated heterocycles. The van der Waals surface area contributed by atoms with E-state index in [4.69, 9.17) is 0 Å². The van der Waals surface area contributed by atoms with Gasteiger partial charge in [-0.1, -0.05) is 54.6 Å². The van der Waals surface area contributed by atoms with Crippen LogP contribution >= 0.6 is 0 Å². The molecule has 0 aliphatic heterocycles. The number of nitrogens with one attached hydrogen (secondary N) is 1. The fourth-order valence-corrected chi connectivity index (χ4v) is 2.18. The SMILES string of the molecule is CNc1nccnc1-c1ccc(-c2ccccc2)cc1. The molecule has 0 aliphatic carbocycles. The maximum atomic E-state index is 4.40. The van der Waals surface area contributed by atoms with E-state index in [1.54, 1.807) is 12.4 Å². The van der Waals surface area contributed by atoms with E-state index in [1.807, 2.05) is 25.2 Å². The number of nitrogens with zero attached hydrogens (tertiary/aromatic N) is 2. The first kappa shape index (κ1) is 12.4. The third-order valence-electron chi connectivity index (χ3n) is 3.20. The van der Waals surface area contributed by atoms with Crippen molar-refractivity contribution in [1.82, 2.24) is 9.97 Å². The van der Waals surface area contributed by atoms with Gasteiger partial charge in [0.2, 0.25) is 0 Å². The van der Waals surface area contributed by atoms with Crippen LogP contribution in [0.1, 0.15) is 0 Å². The summed E-state index contributed by atoms with van der Waals surface area (Å²) in [5, 5.41) is 3.07. The van der Waals surface area contributed by atoms with Crippen molar-refractivity contribution in [3.05, 3.63) is 67.0 Å². The molecule has 1 heterocycles. The fourth-order valence-electron chi connectivity index (χ4n) is 2.18. The number of hydrogen-bond donors (Lipinski definition) is 1. The van der Waals surface area contributed by atoms with Crippen molar-refractivity contribution in [2.75, 3.05) is 12.4 Å². The quantitative estimate of drug-likeness (QED) is 0.778. The Balaban J connectivity index is 1.98. The molecule has 98 valence electrons. The lowest BCUT2D eigenvalue weighted by Crippen LogP contribution is -1.97. The molecule has 20 heavy (non-hydrogen) atoms. The van der Waals surface area contributed by atoms with Crippen LogP contribution in [-0.4, -0.2) is 17.0 Å². The third-order valence-corrected chi connectivity index (χ3v) is 3.20.